The lowest BCUT2D eigenvalue weighted by Crippen LogP contribution is -2.28. The van der Waals surface area contributed by atoms with Crippen LogP contribution in [0.15, 0.2) is 12.3 Å². The van der Waals surface area contributed by atoms with Crippen molar-refractivity contribution in [2.45, 2.75) is 13.3 Å². The van der Waals surface area contributed by atoms with E-state index in [-0.39, 0.29) is 17.9 Å². The van der Waals surface area contributed by atoms with Crippen LogP contribution >= 0.6 is 0 Å². The zero-order valence-electron chi connectivity index (χ0n) is 11.6. The average Bonchev–Trinajstić information content (AvgIpc) is 2.38. The molecule has 0 bridgehead atoms. The number of aryl methyl sites for hydroxylation is 1. The van der Waals surface area contributed by atoms with Gasteiger partial charge in [-0.05, 0) is 13.0 Å². The van der Waals surface area contributed by atoms with Crippen LogP contribution in [0.1, 0.15) is 22.5 Å². The van der Waals surface area contributed by atoms with Gasteiger partial charge >= 0.3 is 5.97 Å². The maximum atomic E-state index is 11.5. The third-order valence-corrected chi connectivity index (χ3v) is 2.57. The molecule has 0 fully saturated rings. The molecule has 1 heterocycles. The van der Waals surface area contributed by atoms with E-state index >= 15 is 0 Å². The number of aromatic carboxylic acids is 1. The van der Waals surface area contributed by atoms with Gasteiger partial charge in [-0.25, -0.2) is 4.79 Å². The minimum Gasteiger partial charge on any atom is -0.478 e. The zero-order valence-corrected chi connectivity index (χ0v) is 11.6. The van der Waals surface area contributed by atoms with E-state index in [9.17, 15) is 9.59 Å². The summed E-state index contributed by atoms with van der Waals surface area (Å²) < 4.78 is 4.82. The summed E-state index contributed by atoms with van der Waals surface area (Å²) >= 11 is 0. The summed E-state index contributed by atoms with van der Waals surface area (Å²) in [6.45, 7) is 3.05. The van der Waals surface area contributed by atoms with Gasteiger partial charge in [0, 0.05) is 38.5 Å². The Bertz CT molecular complexity index is 477. The number of methoxy groups -OCH3 is 1. The first-order chi connectivity index (χ1) is 9.54. The molecule has 20 heavy (non-hydrogen) atoms. The normalized spacial score (nSPS) is 10.1. The van der Waals surface area contributed by atoms with Gasteiger partial charge < -0.3 is 20.5 Å². The lowest BCUT2D eigenvalue weighted by atomic mass is 10.2. The van der Waals surface area contributed by atoms with Gasteiger partial charge in [0.15, 0.2) is 0 Å². The molecule has 1 aromatic heterocycles. The zero-order chi connectivity index (χ0) is 15.0. The molecular formula is C13H19N3O4. The number of carboxylic acids is 1. The molecule has 1 aromatic rings. The van der Waals surface area contributed by atoms with Crippen molar-refractivity contribution in [1.82, 2.24) is 10.3 Å². The fourth-order valence-electron chi connectivity index (χ4n) is 1.57. The molecule has 1 rings (SSSR count). The first-order valence-electron chi connectivity index (χ1n) is 6.24. The van der Waals surface area contributed by atoms with Crippen molar-refractivity contribution in [2.75, 3.05) is 32.1 Å². The predicted molar refractivity (Wildman–Crippen MR) is 73.9 cm³/mol. The molecule has 0 unspecified atom stereocenters. The molecule has 0 aliphatic carbocycles. The van der Waals surface area contributed by atoms with E-state index in [0.717, 1.165) is 0 Å². The molecule has 7 heteroatoms. The molecule has 7 nitrogen and oxygen atoms in total. The molecule has 0 saturated carbocycles. The van der Waals surface area contributed by atoms with E-state index in [1.54, 1.807) is 20.1 Å². The number of nitrogens with one attached hydrogen (secondary N) is 2. The highest BCUT2D eigenvalue weighted by Crippen LogP contribution is 2.15. The molecule has 0 aliphatic rings. The van der Waals surface area contributed by atoms with Crippen LogP contribution in [-0.2, 0) is 9.53 Å². The lowest BCUT2D eigenvalue weighted by Gasteiger charge is -2.10. The molecule has 3 N–H and O–H groups in total. The number of anilines is 1. The number of hydrogen-bond acceptors (Lipinski definition) is 5. The summed E-state index contributed by atoms with van der Waals surface area (Å²) in [6, 6.07) is 1.65. The van der Waals surface area contributed by atoms with Crippen LogP contribution in [0.5, 0.6) is 0 Å². The summed E-state index contributed by atoms with van der Waals surface area (Å²) in [7, 11) is 1.56. The fraction of sp³-hybridized carbons (Fsp3) is 0.462. The number of rotatable bonds is 8. The van der Waals surface area contributed by atoms with E-state index in [2.05, 4.69) is 15.6 Å². The smallest absolute Gasteiger partial charge is 0.339 e. The third-order valence-electron chi connectivity index (χ3n) is 2.57. The summed E-state index contributed by atoms with van der Waals surface area (Å²) in [5.41, 5.74) is 1.27. The number of ether oxygens (including phenoxy) is 1. The van der Waals surface area contributed by atoms with Crippen LogP contribution in [0, 0.1) is 6.92 Å². The van der Waals surface area contributed by atoms with Crippen molar-refractivity contribution < 1.29 is 19.4 Å². The summed E-state index contributed by atoms with van der Waals surface area (Å²) in [6.07, 6.45) is 1.56. The lowest BCUT2D eigenvalue weighted by molar-refractivity contribution is -0.121. The SMILES string of the molecule is COCCNC(=O)CCNc1cc(C)ncc1C(=O)O. The van der Waals surface area contributed by atoms with Crippen molar-refractivity contribution in [1.29, 1.82) is 0 Å². The van der Waals surface area contributed by atoms with Gasteiger partial charge in [0.1, 0.15) is 5.56 Å². The van der Waals surface area contributed by atoms with Crippen LogP contribution < -0.4 is 10.6 Å². The fourth-order valence-corrected chi connectivity index (χ4v) is 1.57. The Hall–Kier alpha value is -2.15. The number of nitrogens with zero attached hydrogens (tertiary/aromatic N) is 1. The standard InChI is InChI=1S/C13H19N3O4/c1-9-7-11(10(8-16-9)13(18)19)14-4-3-12(17)15-5-6-20-2/h7-8H,3-6H2,1-2H3,(H,14,16)(H,15,17)(H,18,19). The van der Waals surface area contributed by atoms with E-state index in [0.29, 0.717) is 31.1 Å². The molecule has 0 saturated heterocycles. The molecule has 0 atom stereocenters. The monoisotopic (exact) mass is 281 g/mol. The Kier molecular flexibility index (Phi) is 6.45. The Morgan fingerprint density at radius 2 is 2.15 bits per heavy atom. The number of hydrogen-bond donors (Lipinski definition) is 3. The number of amides is 1. The topological polar surface area (TPSA) is 101 Å². The van der Waals surface area contributed by atoms with E-state index in [1.807, 2.05) is 0 Å². The van der Waals surface area contributed by atoms with E-state index in [4.69, 9.17) is 9.84 Å². The second-order valence-electron chi connectivity index (χ2n) is 4.20. The van der Waals surface area contributed by atoms with Gasteiger partial charge in [-0.1, -0.05) is 0 Å². The summed E-state index contributed by atoms with van der Waals surface area (Å²) in [5, 5.41) is 14.7. The van der Waals surface area contributed by atoms with Gasteiger partial charge in [0.25, 0.3) is 0 Å². The minimum absolute atomic E-state index is 0.0930. The number of carboxylic acid groups (broad SMARTS) is 1. The average molecular weight is 281 g/mol. The highest BCUT2D eigenvalue weighted by molar-refractivity contribution is 5.93. The minimum atomic E-state index is -1.05. The van der Waals surface area contributed by atoms with Crippen molar-refractivity contribution in [3.8, 4) is 0 Å². The highest BCUT2D eigenvalue weighted by Gasteiger charge is 2.11. The number of aromatic nitrogens is 1. The number of carbonyl (C=O) groups is 2. The Labute approximate surface area is 117 Å². The highest BCUT2D eigenvalue weighted by atomic mass is 16.5. The first kappa shape index (κ1) is 15.9. The second kappa shape index (κ2) is 8.11. The van der Waals surface area contributed by atoms with Crippen LogP contribution in [0.2, 0.25) is 0 Å². The van der Waals surface area contributed by atoms with Crippen LogP contribution in [0.3, 0.4) is 0 Å². The van der Waals surface area contributed by atoms with Crippen LogP contribution in [0.4, 0.5) is 5.69 Å². The second-order valence-corrected chi connectivity index (χ2v) is 4.20. The molecule has 0 spiro atoms. The van der Waals surface area contributed by atoms with E-state index in [1.165, 1.54) is 6.20 Å². The first-order valence-corrected chi connectivity index (χ1v) is 6.24. The molecule has 0 aromatic carbocycles. The molecular weight excluding hydrogens is 262 g/mol. The third kappa shape index (κ3) is 5.23. The van der Waals surface area contributed by atoms with Crippen LogP contribution in [0.25, 0.3) is 0 Å². The largest absolute Gasteiger partial charge is 0.478 e. The van der Waals surface area contributed by atoms with Gasteiger partial charge in [-0.3, -0.25) is 9.78 Å². The molecule has 0 radical (unpaired) electrons. The predicted octanol–water partition coefficient (Wildman–Crippen LogP) is 0.653. The molecule has 0 aliphatic heterocycles. The summed E-state index contributed by atoms with van der Waals surface area (Å²) in [5.74, 6) is -1.17. The van der Waals surface area contributed by atoms with E-state index < -0.39 is 5.97 Å². The maximum Gasteiger partial charge on any atom is 0.339 e. The quantitative estimate of drug-likeness (QED) is 0.605. The molecule has 110 valence electrons. The number of pyridine rings is 1. The van der Waals surface area contributed by atoms with Crippen molar-refractivity contribution in [3.05, 3.63) is 23.5 Å². The van der Waals surface area contributed by atoms with Crippen molar-refractivity contribution in [3.63, 3.8) is 0 Å². The number of carbonyl (C=O) groups excluding carboxylic acids is 1. The van der Waals surface area contributed by atoms with Crippen molar-refractivity contribution >= 4 is 17.6 Å². The van der Waals surface area contributed by atoms with Crippen LogP contribution in [-0.4, -0.2) is 48.8 Å². The maximum absolute atomic E-state index is 11.5. The van der Waals surface area contributed by atoms with Gasteiger partial charge in [0.2, 0.25) is 5.91 Å². The van der Waals surface area contributed by atoms with Crippen molar-refractivity contribution in [2.24, 2.45) is 0 Å². The Morgan fingerprint density at radius 3 is 2.80 bits per heavy atom. The Balaban J connectivity index is 2.47. The van der Waals surface area contributed by atoms with Gasteiger partial charge in [-0.2, -0.15) is 0 Å². The summed E-state index contributed by atoms with van der Waals surface area (Å²) in [4.78, 5) is 26.4. The van der Waals surface area contributed by atoms with Gasteiger partial charge in [-0.15, -0.1) is 0 Å². The van der Waals surface area contributed by atoms with Gasteiger partial charge in [0.05, 0.1) is 12.3 Å². The Morgan fingerprint density at radius 1 is 1.40 bits per heavy atom. The molecule has 1 amide bonds.